The van der Waals surface area contributed by atoms with Gasteiger partial charge >= 0.3 is 5.97 Å². The van der Waals surface area contributed by atoms with E-state index in [1.54, 1.807) is 36.4 Å². The predicted molar refractivity (Wildman–Crippen MR) is 185 cm³/mol. The van der Waals surface area contributed by atoms with Crippen LogP contribution in [0.1, 0.15) is 113 Å². The van der Waals surface area contributed by atoms with Gasteiger partial charge in [0.1, 0.15) is 16.7 Å². The van der Waals surface area contributed by atoms with Crippen LogP contribution < -0.4 is 16.0 Å². The van der Waals surface area contributed by atoms with Crippen LogP contribution in [-0.2, 0) is 19.1 Å². The van der Waals surface area contributed by atoms with E-state index in [0.717, 1.165) is 25.8 Å². The molecule has 0 fully saturated rings. The Morgan fingerprint density at radius 3 is 2.30 bits per heavy atom. The Bertz CT molecular complexity index is 1270. The maximum absolute atomic E-state index is 13.9. The fourth-order valence-corrected chi connectivity index (χ4v) is 6.25. The number of likely N-dealkylation sites (N-methyl/N-ethyl adjacent to an activating group) is 1. The Morgan fingerprint density at radius 2 is 1.70 bits per heavy atom. The molecule has 0 spiro atoms. The van der Waals surface area contributed by atoms with Crippen molar-refractivity contribution in [2.75, 3.05) is 20.6 Å². The number of rotatable bonds is 20. The predicted octanol–water partition coefficient (Wildman–Crippen LogP) is 4.78. The first kappa shape index (κ1) is 39.8. The number of aromatic nitrogens is 1. The fraction of sp³-hybridized carbons (Fsp3) is 0.629. The molecule has 11 nitrogen and oxygen atoms in total. The van der Waals surface area contributed by atoms with E-state index in [1.807, 2.05) is 52.9 Å². The summed E-state index contributed by atoms with van der Waals surface area (Å²) in [4.78, 5) is 58.2. The van der Waals surface area contributed by atoms with Gasteiger partial charge in [0, 0.05) is 38.2 Å². The van der Waals surface area contributed by atoms with Crippen LogP contribution in [0.3, 0.4) is 0 Å². The molecule has 0 saturated heterocycles. The van der Waals surface area contributed by atoms with Crippen LogP contribution in [0.4, 0.5) is 0 Å². The molecule has 0 bridgehead atoms. The Kier molecular flexibility index (Phi) is 17.0. The van der Waals surface area contributed by atoms with Crippen molar-refractivity contribution in [3.05, 3.63) is 52.0 Å². The molecule has 0 saturated carbocycles. The van der Waals surface area contributed by atoms with E-state index in [0.29, 0.717) is 23.4 Å². The minimum Gasteiger partial charge on any atom is -0.455 e. The van der Waals surface area contributed by atoms with Crippen molar-refractivity contribution >= 4 is 35.0 Å². The van der Waals surface area contributed by atoms with Gasteiger partial charge in [-0.05, 0) is 50.8 Å². The number of aliphatic hydroxyl groups excluding tert-OH is 1. The number of hydrogen-bond donors (Lipinski definition) is 4. The lowest BCUT2D eigenvalue weighted by Gasteiger charge is -2.37. The van der Waals surface area contributed by atoms with Gasteiger partial charge in [0.2, 0.25) is 11.8 Å². The second-order valence-electron chi connectivity index (χ2n) is 12.6. The average molecular weight is 674 g/mol. The van der Waals surface area contributed by atoms with E-state index in [1.165, 1.54) is 18.3 Å². The van der Waals surface area contributed by atoms with Gasteiger partial charge in [-0.3, -0.25) is 19.2 Å². The number of unbranched alkanes of at least 4 members (excludes halogenated alkanes) is 2. The lowest BCUT2D eigenvalue weighted by molar-refractivity contribution is -0.149. The van der Waals surface area contributed by atoms with Crippen molar-refractivity contribution in [3.8, 4) is 0 Å². The highest BCUT2D eigenvalue weighted by atomic mass is 32.1. The van der Waals surface area contributed by atoms with Crippen molar-refractivity contribution < 1.29 is 29.0 Å². The van der Waals surface area contributed by atoms with Crippen molar-refractivity contribution in [2.45, 2.75) is 110 Å². The number of benzene rings is 1. The van der Waals surface area contributed by atoms with Gasteiger partial charge in [0.05, 0.1) is 12.1 Å². The minimum atomic E-state index is -0.903. The quantitative estimate of drug-likeness (QED) is 0.116. The fourth-order valence-electron chi connectivity index (χ4n) is 5.41. The number of esters is 1. The largest absolute Gasteiger partial charge is 0.455 e. The smallest absolute Gasteiger partial charge is 0.303 e. The molecule has 0 aliphatic carbocycles. The first-order chi connectivity index (χ1) is 22.3. The molecular formula is C35H55N5O6S. The van der Waals surface area contributed by atoms with Crippen LogP contribution in [0.25, 0.3) is 0 Å². The number of thiazole rings is 1. The van der Waals surface area contributed by atoms with E-state index in [2.05, 4.69) is 20.9 Å². The first-order valence-electron chi connectivity index (χ1n) is 16.7. The molecule has 1 aromatic heterocycles. The van der Waals surface area contributed by atoms with E-state index >= 15 is 0 Å². The van der Waals surface area contributed by atoms with E-state index < -0.39 is 36.2 Å². The van der Waals surface area contributed by atoms with Crippen molar-refractivity contribution in [1.29, 1.82) is 0 Å². The second-order valence-corrected chi connectivity index (χ2v) is 13.5. The third-order valence-corrected chi connectivity index (χ3v) is 9.44. The number of nitrogens with one attached hydrogen (secondary N) is 3. The lowest BCUT2D eigenvalue weighted by atomic mass is 9.93. The van der Waals surface area contributed by atoms with Gasteiger partial charge in [-0.25, -0.2) is 4.98 Å². The number of carbonyl (C=O) groups excluding carboxylic acids is 4. The molecule has 47 heavy (non-hydrogen) atoms. The molecule has 0 aliphatic rings. The van der Waals surface area contributed by atoms with E-state index in [-0.39, 0.29) is 41.8 Å². The maximum atomic E-state index is 13.9. The highest BCUT2D eigenvalue weighted by Crippen LogP contribution is 2.31. The van der Waals surface area contributed by atoms with Crippen LogP contribution in [0, 0.1) is 11.8 Å². The minimum absolute atomic E-state index is 0.0227. The zero-order valence-electron chi connectivity index (χ0n) is 29.2. The highest BCUT2D eigenvalue weighted by Gasteiger charge is 2.35. The number of hydrogen-bond acceptors (Lipinski definition) is 9. The summed E-state index contributed by atoms with van der Waals surface area (Å²) in [5.41, 5.74) is 0.827. The number of aliphatic hydroxyl groups is 1. The number of nitrogens with zero attached hydrogens (tertiary/aromatic N) is 2. The highest BCUT2D eigenvalue weighted by molar-refractivity contribution is 7.09. The molecule has 2 rings (SSSR count). The third kappa shape index (κ3) is 12.6. The average Bonchev–Trinajstić information content (AvgIpc) is 3.55. The summed E-state index contributed by atoms with van der Waals surface area (Å²) in [6.07, 6.45) is 2.29. The maximum Gasteiger partial charge on any atom is 0.303 e. The molecule has 1 heterocycles. The zero-order valence-corrected chi connectivity index (χ0v) is 30.1. The Labute approximate surface area is 284 Å². The van der Waals surface area contributed by atoms with Gasteiger partial charge < -0.3 is 30.7 Å². The number of carbonyl (C=O) groups is 4. The monoisotopic (exact) mass is 673 g/mol. The molecule has 2 aromatic rings. The molecule has 3 amide bonds. The molecule has 262 valence electrons. The summed E-state index contributed by atoms with van der Waals surface area (Å²) < 4.78 is 5.71. The van der Waals surface area contributed by atoms with Crippen LogP contribution >= 0.6 is 11.3 Å². The van der Waals surface area contributed by atoms with Crippen LogP contribution in [-0.4, -0.2) is 77.4 Å². The lowest BCUT2D eigenvalue weighted by Crippen LogP contribution is -2.54. The summed E-state index contributed by atoms with van der Waals surface area (Å²) in [5, 5.41) is 21.6. The van der Waals surface area contributed by atoms with E-state index in [9.17, 15) is 24.3 Å². The molecule has 6 atom stereocenters. The first-order valence-corrected chi connectivity index (χ1v) is 17.6. The van der Waals surface area contributed by atoms with Gasteiger partial charge in [0.25, 0.3) is 5.91 Å². The normalized spacial score (nSPS) is 15.2. The Balaban J connectivity index is 2.19. The van der Waals surface area contributed by atoms with Crippen molar-refractivity contribution in [3.63, 3.8) is 0 Å². The van der Waals surface area contributed by atoms with Crippen LogP contribution in [0.15, 0.2) is 35.7 Å². The number of amides is 3. The molecule has 0 aliphatic heterocycles. The molecule has 4 N–H and O–H groups in total. The zero-order chi connectivity index (χ0) is 35.1. The standard InChI is InChI=1S/C35H55N5O6S/c1-9-23(4)31(39-30(42)18-14-11-15-19-36-7)35(45)40(8)28(22(2)3)20-29(46-25(6)41)34-38-27(21-47-34)33(44)37-24(5)32(43)26-16-12-10-13-17-26/h10,12-13,16-17,21-24,28-29,31-32,36,43H,9,11,14-15,18-20H2,1-8H3,(H,37,44)(H,39,42)/t23-,24+,28+,29+,31-,32+/m0/s1. The summed E-state index contributed by atoms with van der Waals surface area (Å²) >= 11 is 1.19. The van der Waals surface area contributed by atoms with Crippen molar-refractivity contribution in [1.82, 2.24) is 25.8 Å². The molecule has 12 heteroatoms. The summed E-state index contributed by atoms with van der Waals surface area (Å²) in [7, 11) is 3.62. The van der Waals surface area contributed by atoms with Crippen LogP contribution in [0.2, 0.25) is 0 Å². The summed E-state index contributed by atoms with van der Waals surface area (Å²) in [6, 6.07) is 7.44. The van der Waals surface area contributed by atoms with Crippen molar-refractivity contribution in [2.24, 2.45) is 11.8 Å². The van der Waals surface area contributed by atoms with Gasteiger partial charge in [-0.1, -0.05) is 70.9 Å². The third-order valence-electron chi connectivity index (χ3n) is 8.51. The van der Waals surface area contributed by atoms with Gasteiger partial charge in [0.15, 0.2) is 6.10 Å². The topological polar surface area (TPSA) is 150 Å². The number of ether oxygens (including phenoxy) is 1. The second kappa shape index (κ2) is 20.1. The molecule has 0 radical (unpaired) electrons. The van der Waals surface area contributed by atoms with Crippen LogP contribution in [0.5, 0.6) is 0 Å². The van der Waals surface area contributed by atoms with Gasteiger partial charge in [-0.2, -0.15) is 0 Å². The molecule has 0 unspecified atom stereocenters. The molecule has 1 aromatic carbocycles. The van der Waals surface area contributed by atoms with E-state index in [4.69, 9.17) is 4.74 Å². The Hall–Kier alpha value is -3.35. The SMILES string of the molecule is CC[C@H](C)[C@H](NC(=O)CCCCCNC)C(=O)N(C)[C@H](C[C@@H](OC(C)=O)c1nc(C(=O)N[C@H](C)[C@@H](O)c2ccccc2)cs1)C(C)C. The van der Waals surface area contributed by atoms with Gasteiger partial charge in [-0.15, -0.1) is 11.3 Å². The summed E-state index contributed by atoms with van der Waals surface area (Å²) in [6.45, 7) is 11.8. The summed E-state index contributed by atoms with van der Waals surface area (Å²) in [5.74, 6) is -1.42. The molecular weight excluding hydrogens is 618 g/mol. The Morgan fingerprint density at radius 1 is 1.02 bits per heavy atom.